The summed E-state index contributed by atoms with van der Waals surface area (Å²) < 4.78 is 30.7. The van der Waals surface area contributed by atoms with E-state index in [-0.39, 0.29) is 42.3 Å². The van der Waals surface area contributed by atoms with Gasteiger partial charge in [0.05, 0.1) is 17.8 Å². The highest BCUT2D eigenvalue weighted by molar-refractivity contribution is 6.06. The van der Waals surface area contributed by atoms with Gasteiger partial charge in [-0.1, -0.05) is 19.9 Å². The minimum atomic E-state index is -0.565. The standard InChI is InChI=1S/C31H46F2N8O.C19H24N4O3/c1-30(2)6-12-39(13-7-30)19-23-16-25(33)26(17-24(23)32)41-20-29(42)37-31(21-41)8-14-40(15-9-31)28-18-27(35-22-36-28)34-10-5-11-38(3)4;24-17-7-6-16(18(25)21-17)23-12-14-13(19(23)26)4-3-5-15(14)20-8-11-22-9-1-2-10-22/h16-18,22H,5-15,19-21H2,1-4H3,(H,37,42)(H,34,35,36);3-5,16,20H,1-2,6-12H2,(H,21,24,25). The van der Waals surface area contributed by atoms with Gasteiger partial charge in [-0.15, -0.1) is 0 Å². The quantitative estimate of drug-likeness (QED) is 0.131. The Morgan fingerprint density at radius 3 is 2.32 bits per heavy atom. The van der Waals surface area contributed by atoms with Crippen LogP contribution < -0.4 is 31.1 Å². The number of hydrogen-bond donors (Lipinski definition) is 4. The van der Waals surface area contributed by atoms with Gasteiger partial charge in [-0.3, -0.25) is 29.4 Å². The molecule has 18 heteroatoms. The number of hydrogen-bond acceptors (Lipinski definition) is 13. The van der Waals surface area contributed by atoms with E-state index in [2.05, 4.69) is 78.8 Å². The molecule has 1 spiro atoms. The molecule has 1 aromatic heterocycles. The summed E-state index contributed by atoms with van der Waals surface area (Å²) in [6.07, 6.45) is 9.25. The van der Waals surface area contributed by atoms with Gasteiger partial charge < -0.3 is 40.4 Å². The number of benzene rings is 2. The number of carbonyl (C=O) groups is 4. The number of carbonyl (C=O) groups excluding carboxylic acids is 4. The Bertz CT molecular complexity index is 2290. The molecule has 368 valence electrons. The largest absolute Gasteiger partial charge is 0.383 e. The molecule has 4 amide bonds. The SMILES string of the molecule is CN(C)CCCNc1cc(N2CCC3(CC2)CN(c2cc(F)c(CN4CCC(C)(C)CC4)cc2F)CC(=O)N3)ncn1.O=C1CCC(N2Cc3c(NCCN4CCCC4)cccc3C2=O)C(=O)N1. The number of rotatable bonds is 14. The fourth-order valence-electron chi connectivity index (χ4n) is 10.4. The summed E-state index contributed by atoms with van der Waals surface area (Å²) in [5, 5.41) is 12.4. The highest BCUT2D eigenvalue weighted by Gasteiger charge is 2.43. The number of likely N-dealkylation sites (tertiary alicyclic amines) is 2. The molecule has 5 fully saturated rings. The van der Waals surface area contributed by atoms with Crippen molar-refractivity contribution in [2.75, 3.05) is 113 Å². The van der Waals surface area contributed by atoms with Crippen LogP contribution in [0.25, 0.3) is 0 Å². The average molecular weight is 941 g/mol. The van der Waals surface area contributed by atoms with Crippen molar-refractivity contribution in [3.05, 3.63) is 71.1 Å². The number of nitrogens with one attached hydrogen (secondary N) is 4. The van der Waals surface area contributed by atoms with Crippen molar-refractivity contribution in [1.29, 1.82) is 0 Å². The number of fused-ring (bicyclic) bond motifs is 1. The summed E-state index contributed by atoms with van der Waals surface area (Å²) >= 11 is 0. The lowest BCUT2D eigenvalue weighted by atomic mass is 9.82. The Morgan fingerprint density at radius 1 is 0.824 bits per heavy atom. The lowest BCUT2D eigenvalue weighted by Gasteiger charge is -2.48. The Kier molecular flexibility index (Phi) is 15.5. The van der Waals surface area contributed by atoms with Gasteiger partial charge in [-0.2, -0.15) is 0 Å². The molecule has 68 heavy (non-hydrogen) atoms. The molecular formula is C50H70F2N12O4. The topological polar surface area (TPSA) is 162 Å². The third kappa shape index (κ3) is 12.0. The normalized spacial score (nSPS) is 21.7. The number of amides is 4. The first-order valence-electron chi connectivity index (χ1n) is 24.6. The second kappa shape index (κ2) is 21.5. The molecular weight excluding hydrogens is 871 g/mol. The maximum Gasteiger partial charge on any atom is 0.255 e. The van der Waals surface area contributed by atoms with Gasteiger partial charge in [-0.05, 0) is 122 Å². The third-order valence-corrected chi connectivity index (χ3v) is 14.6. The van der Waals surface area contributed by atoms with Crippen LogP contribution in [0.15, 0.2) is 42.7 Å². The van der Waals surface area contributed by atoms with Gasteiger partial charge in [0.1, 0.15) is 35.6 Å². The number of anilines is 4. The van der Waals surface area contributed by atoms with Crippen LogP contribution in [-0.2, 0) is 27.5 Å². The second-order valence-electron chi connectivity index (χ2n) is 20.6. The summed E-state index contributed by atoms with van der Waals surface area (Å²) in [7, 11) is 4.12. The van der Waals surface area contributed by atoms with E-state index in [0.29, 0.717) is 68.5 Å². The van der Waals surface area contributed by atoms with E-state index in [1.807, 2.05) is 24.3 Å². The van der Waals surface area contributed by atoms with Crippen molar-refractivity contribution in [3.63, 3.8) is 0 Å². The molecule has 0 bridgehead atoms. The molecule has 4 N–H and O–H groups in total. The summed E-state index contributed by atoms with van der Waals surface area (Å²) in [5.41, 5.74) is 2.89. The molecule has 3 aromatic rings. The molecule has 7 heterocycles. The van der Waals surface area contributed by atoms with Gasteiger partial charge in [0.15, 0.2) is 0 Å². The number of piperazine rings is 1. The molecule has 0 saturated carbocycles. The minimum absolute atomic E-state index is 0.0111. The lowest BCUT2D eigenvalue weighted by Crippen LogP contribution is -2.66. The monoisotopic (exact) mass is 941 g/mol. The number of nitrogens with zero attached hydrogens (tertiary/aromatic N) is 8. The fourth-order valence-corrected chi connectivity index (χ4v) is 10.4. The summed E-state index contributed by atoms with van der Waals surface area (Å²) in [5.74, 6) is -0.182. The molecule has 5 saturated heterocycles. The van der Waals surface area contributed by atoms with Crippen LogP contribution in [0.4, 0.5) is 31.8 Å². The maximum atomic E-state index is 15.5. The molecule has 6 aliphatic heterocycles. The molecule has 1 unspecified atom stereocenters. The van der Waals surface area contributed by atoms with Gasteiger partial charge in [0, 0.05) is 93.3 Å². The predicted molar refractivity (Wildman–Crippen MR) is 260 cm³/mol. The van der Waals surface area contributed by atoms with Crippen LogP contribution in [0.1, 0.15) is 93.1 Å². The van der Waals surface area contributed by atoms with Gasteiger partial charge in [-0.25, -0.2) is 18.7 Å². The van der Waals surface area contributed by atoms with Crippen molar-refractivity contribution in [2.24, 2.45) is 5.41 Å². The van der Waals surface area contributed by atoms with Crippen LogP contribution in [0, 0.1) is 17.0 Å². The van der Waals surface area contributed by atoms with Crippen LogP contribution >= 0.6 is 0 Å². The molecule has 1 atom stereocenters. The molecule has 0 aliphatic carbocycles. The average Bonchev–Trinajstić information content (AvgIpc) is 3.95. The molecule has 2 aromatic carbocycles. The van der Waals surface area contributed by atoms with Crippen LogP contribution in [0.3, 0.4) is 0 Å². The summed E-state index contributed by atoms with van der Waals surface area (Å²) in [6.45, 7) is 14.9. The second-order valence-corrected chi connectivity index (χ2v) is 20.6. The first-order valence-corrected chi connectivity index (χ1v) is 24.6. The first-order chi connectivity index (χ1) is 32.6. The van der Waals surface area contributed by atoms with E-state index in [0.717, 1.165) is 94.5 Å². The van der Waals surface area contributed by atoms with Crippen molar-refractivity contribution in [1.82, 2.24) is 40.2 Å². The van der Waals surface area contributed by atoms with Crippen molar-refractivity contribution in [2.45, 2.75) is 96.3 Å². The van der Waals surface area contributed by atoms with Crippen molar-refractivity contribution < 1.29 is 28.0 Å². The highest BCUT2D eigenvalue weighted by atomic mass is 19.1. The van der Waals surface area contributed by atoms with Gasteiger partial charge in [0.25, 0.3) is 5.91 Å². The van der Waals surface area contributed by atoms with Crippen LogP contribution in [0.5, 0.6) is 0 Å². The lowest BCUT2D eigenvalue weighted by molar-refractivity contribution is -0.137. The number of halogens is 2. The Balaban J connectivity index is 0.000000205. The summed E-state index contributed by atoms with van der Waals surface area (Å²) in [4.78, 5) is 70.3. The van der Waals surface area contributed by atoms with E-state index in [1.165, 1.54) is 25.0 Å². The Labute approximate surface area is 399 Å². The highest BCUT2D eigenvalue weighted by Crippen LogP contribution is 2.35. The maximum absolute atomic E-state index is 15.5. The van der Waals surface area contributed by atoms with Crippen LogP contribution in [0.2, 0.25) is 0 Å². The van der Waals surface area contributed by atoms with E-state index < -0.39 is 23.2 Å². The zero-order valence-electron chi connectivity index (χ0n) is 40.3. The molecule has 16 nitrogen and oxygen atoms in total. The first kappa shape index (κ1) is 49.0. The predicted octanol–water partition coefficient (Wildman–Crippen LogP) is 4.67. The van der Waals surface area contributed by atoms with Gasteiger partial charge in [0.2, 0.25) is 17.7 Å². The van der Waals surface area contributed by atoms with Crippen molar-refractivity contribution in [3.8, 4) is 0 Å². The molecule has 9 rings (SSSR count). The zero-order valence-corrected chi connectivity index (χ0v) is 40.3. The third-order valence-electron chi connectivity index (χ3n) is 14.6. The van der Waals surface area contributed by atoms with E-state index in [1.54, 1.807) is 16.1 Å². The van der Waals surface area contributed by atoms with E-state index in [9.17, 15) is 19.2 Å². The van der Waals surface area contributed by atoms with Gasteiger partial charge >= 0.3 is 0 Å². The molecule has 0 radical (unpaired) electrons. The van der Waals surface area contributed by atoms with E-state index in [4.69, 9.17) is 0 Å². The number of aromatic nitrogens is 2. The Hall–Kier alpha value is -5.46. The van der Waals surface area contributed by atoms with E-state index >= 15 is 8.78 Å². The zero-order chi connectivity index (χ0) is 48.0. The van der Waals surface area contributed by atoms with Crippen molar-refractivity contribution >= 4 is 46.6 Å². The number of piperidine rings is 3. The smallest absolute Gasteiger partial charge is 0.255 e. The fraction of sp³-hybridized carbons (Fsp3) is 0.600. The molecule has 6 aliphatic rings. The summed E-state index contributed by atoms with van der Waals surface area (Å²) in [6, 6.07) is 9.69. The van der Waals surface area contributed by atoms with Crippen LogP contribution in [-0.4, -0.2) is 157 Å². The Morgan fingerprint density at radius 2 is 1.59 bits per heavy atom. The minimum Gasteiger partial charge on any atom is -0.383 e. The number of imide groups is 1.